The molecular weight excluding hydrogens is 409 g/mol. The molecule has 7 nitrogen and oxygen atoms in total. The van der Waals surface area contributed by atoms with Crippen LogP contribution in [-0.4, -0.2) is 21.4 Å². The minimum atomic E-state index is -4.58. The van der Waals surface area contributed by atoms with Crippen molar-refractivity contribution < 1.29 is 23.2 Å². The molecule has 0 aliphatic heterocycles. The number of halogens is 4. The average Bonchev–Trinajstić information content (AvgIpc) is 2.57. The van der Waals surface area contributed by atoms with Crippen LogP contribution in [0, 0.1) is 10.1 Å². The standard InChI is InChI=1S/C15H10ClF3N4O3S/c16-9-5-8(13(24)12(6-9)23(25)26)7-20-22-14(27)21-11-4-2-1-3-10(11)15(17,18)19/h1-7,24H,(H2,21,22,27). The van der Waals surface area contributed by atoms with Gasteiger partial charge in [0.2, 0.25) is 5.75 Å². The van der Waals surface area contributed by atoms with Crippen molar-refractivity contribution >= 4 is 46.5 Å². The van der Waals surface area contributed by atoms with Gasteiger partial charge in [-0.15, -0.1) is 0 Å². The van der Waals surface area contributed by atoms with E-state index in [2.05, 4.69) is 15.8 Å². The summed E-state index contributed by atoms with van der Waals surface area (Å²) in [4.78, 5) is 10.0. The van der Waals surface area contributed by atoms with Gasteiger partial charge in [-0.1, -0.05) is 23.7 Å². The number of rotatable bonds is 4. The molecule has 0 saturated heterocycles. The number of hydrogen-bond acceptors (Lipinski definition) is 5. The minimum absolute atomic E-state index is 0.0132. The van der Waals surface area contributed by atoms with Crippen LogP contribution in [0.5, 0.6) is 5.75 Å². The maximum absolute atomic E-state index is 12.9. The predicted molar refractivity (Wildman–Crippen MR) is 98.2 cm³/mol. The zero-order valence-electron chi connectivity index (χ0n) is 13.1. The molecule has 0 unspecified atom stereocenters. The summed E-state index contributed by atoms with van der Waals surface area (Å²) in [7, 11) is 0. The van der Waals surface area contributed by atoms with Crippen molar-refractivity contribution in [1.29, 1.82) is 0 Å². The van der Waals surface area contributed by atoms with E-state index in [1.807, 2.05) is 0 Å². The van der Waals surface area contributed by atoms with Gasteiger partial charge in [0.05, 0.1) is 22.4 Å². The fourth-order valence-electron chi connectivity index (χ4n) is 1.99. The van der Waals surface area contributed by atoms with Crippen molar-refractivity contribution in [3.05, 3.63) is 62.7 Å². The number of alkyl halides is 3. The third kappa shape index (κ3) is 5.28. The second-order valence-corrected chi connectivity index (χ2v) is 5.83. The van der Waals surface area contributed by atoms with Crippen LogP contribution in [0.3, 0.4) is 0 Å². The molecule has 0 bridgehead atoms. The summed E-state index contributed by atoms with van der Waals surface area (Å²) in [5.74, 6) is -0.670. The number of phenols is 1. The highest BCUT2D eigenvalue weighted by atomic mass is 35.5. The van der Waals surface area contributed by atoms with Gasteiger partial charge in [-0.25, -0.2) is 0 Å². The highest BCUT2D eigenvalue weighted by Gasteiger charge is 2.33. The first-order valence-corrected chi connectivity index (χ1v) is 7.81. The van der Waals surface area contributed by atoms with Gasteiger partial charge in [0.15, 0.2) is 5.11 Å². The number of nitro benzene ring substituents is 1. The maximum Gasteiger partial charge on any atom is 0.418 e. The van der Waals surface area contributed by atoms with Gasteiger partial charge >= 0.3 is 11.9 Å². The lowest BCUT2D eigenvalue weighted by Crippen LogP contribution is -2.25. The molecule has 0 amide bonds. The Balaban J connectivity index is 2.13. The molecule has 0 aromatic heterocycles. The lowest BCUT2D eigenvalue weighted by Gasteiger charge is -2.14. The molecule has 12 heteroatoms. The minimum Gasteiger partial charge on any atom is -0.502 e. The van der Waals surface area contributed by atoms with Crippen LogP contribution in [0.1, 0.15) is 11.1 Å². The Morgan fingerprint density at radius 1 is 1.33 bits per heavy atom. The molecule has 3 N–H and O–H groups in total. The fourth-order valence-corrected chi connectivity index (χ4v) is 2.38. The summed E-state index contributed by atoms with van der Waals surface area (Å²) in [6.07, 6.45) is -3.59. The van der Waals surface area contributed by atoms with E-state index >= 15 is 0 Å². The van der Waals surface area contributed by atoms with Crippen molar-refractivity contribution in [2.24, 2.45) is 5.10 Å². The van der Waals surface area contributed by atoms with Gasteiger partial charge in [-0.3, -0.25) is 15.5 Å². The molecule has 0 saturated carbocycles. The number of nitrogens with one attached hydrogen (secondary N) is 2. The fraction of sp³-hybridized carbons (Fsp3) is 0.0667. The lowest BCUT2D eigenvalue weighted by atomic mass is 10.2. The first kappa shape index (κ1) is 20.4. The number of phenolic OH excluding ortho intramolecular Hbond substituents is 1. The van der Waals surface area contributed by atoms with Crippen LogP contribution >= 0.6 is 23.8 Å². The lowest BCUT2D eigenvalue weighted by molar-refractivity contribution is -0.385. The van der Waals surface area contributed by atoms with Crippen molar-refractivity contribution in [1.82, 2.24) is 5.43 Å². The SMILES string of the molecule is O=[N+]([O-])c1cc(Cl)cc(C=NNC(=S)Nc2ccccc2C(F)(F)F)c1O. The Morgan fingerprint density at radius 3 is 2.63 bits per heavy atom. The Kier molecular flexibility index (Phi) is 6.18. The van der Waals surface area contributed by atoms with Gasteiger partial charge in [-0.2, -0.15) is 18.3 Å². The third-order valence-corrected chi connectivity index (χ3v) is 3.54. The summed E-state index contributed by atoms with van der Waals surface area (Å²) in [6.45, 7) is 0. The van der Waals surface area contributed by atoms with Crippen LogP contribution in [0.15, 0.2) is 41.5 Å². The van der Waals surface area contributed by atoms with Crippen LogP contribution in [0.25, 0.3) is 0 Å². The quantitative estimate of drug-likeness (QED) is 0.296. The number of anilines is 1. The van der Waals surface area contributed by atoms with Crippen LogP contribution < -0.4 is 10.7 Å². The average molecular weight is 419 g/mol. The first-order chi connectivity index (χ1) is 12.6. The Labute approximate surface area is 160 Å². The zero-order chi connectivity index (χ0) is 20.2. The predicted octanol–water partition coefficient (Wildman–Crippen LogP) is 4.29. The molecule has 0 heterocycles. The molecule has 2 aromatic rings. The first-order valence-electron chi connectivity index (χ1n) is 7.02. The molecule has 0 atom stereocenters. The van der Waals surface area contributed by atoms with Gasteiger partial charge in [0.1, 0.15) is 0 Å². The number of para-hydroxylation sites is 1. The van der Waals surface area contributed by atoms with Crippen LogP contribution in [0.4, 0.5) is 24.5 Å². The number of benzene rings is 2. The third-order valence-electron chi connectivity index (χ3n) is 3.13. The topological polar surface area (TPSA) is 99.8 Å². The van der Waals surface area contributed by atoms with Gasteiger partial charge in [0.25, 0.3) is 0 Å². The summed E-state index contributed by atoms with van der Waals surface area (Å²) >= 11 is 10.6. The molecule has 142 valence electrons. The highest BCUT2D eigenvalue weighted by molar-refractivity contribution is 7.80. The number of hydrazone groups is 1. The Hall–Kier alpha value is -2.92. The smallest absolute Gasteiger partial charge is 0.418 e. The largest absolute Gasteiger partial charge is 0.502 e. The maximum atomic E-state index is 12.9. The van der Waals surface area contributed by atoms with Crippen LogP contribution in [-0.2, 0) is 6.18 Å². The van der Waals surface area contributed by atoms with E-state index in [-0.39, 0.29) is 21.4 Å². The second kappa shape index (κ2) is 8.18. The number of aromatic hydroxyl groups is 1. The molecule has 2 rings (SSSR count). The Morgan fingerprint density at radius 2 is 2.00 bits per heavy atom. The van der Waals surface area contributed by atoms with Crippen LogP contribution in [0.2, 0.25) is 5.02 Å². The molecule has 0 aliphatic carbocycles. The monoisotopic (exact) mass is 418 g/mol. The molecule has 0 aliphatic rings. The van der Waals surface area contributed by atoms with E-state index in [4.69, 9.17) is 23.8 Å². The van der Waals surface area contributed by atoms with Gasteiger partial charge < -0.3 is 10.4 Å². The van der Waals surface area contributed by atoms with E-state index in [0.717, 1.165) is 18.3 Å². The van der Waals surface area contributed by atoms with E-state index in [0.29, 0.717) is 0 Å². The van der Waals surface area contributed by atoms with E-state index in [9.17, 15) is 28.4 Å². The Bertz CT molecular complexity index is 922. The van der Waals surface area contributed by atoms with E-state index < -0.39 is 28.1 Å². The normalized spacial score (nSPS) is 11.4. The molecule has 2 aromatic carbocycles. The van der Waals surface area contributed by atoms with E-state index in [1.165, 1.54) is 24.3 Å². The van der Waals surface area contributed by atoms with Gasteiger partial charge in [-0.05, 0) is 30.4 Å². The number of nitro groups is 1. The summed E-state index contributed by atoms with van der Waals surface area (Å²) in [5, 5.41) is 26.3. The summed E-state index contributed by atoms with van der Waals surface area (Å²) < 4.78 is 38.8. The molecule has 0 spiro atoms. The zero-order valence-corrected chi connectivity index (χ0v) is 14.7. The van der Waals surface area contributed by atoms with Crippen molar-refractivity contribution in [2.75, 3.05) is 5.32 Å². The second-order valence-electron chi connectivity index (χ2n) is 4.99. The van der Waals surface area contributed by atoms with Crippen molar-refractivity contribution in [3.8, 4) is 5.75 Å². The van der Waals surface area contributed by atoms with E-state index in [1.54, 1.807) is 0 Å². The number of nitrogens with zero attached hydrogens (tertiary/aromatic N) is 2. The molecule has 0 fully saturated rings. The highest BCUT2D eigenvalue weighted by Crippen LogP contribution is 2.34. The summed E-state index contributed by atoms with van der Waals surface area (Å²) in [6, 6.07) is 6.88. The van der Waals surface area contributed by atoms with Crippen molar-refractivity contribution in [3.63, 3.8) is 0 Å². The number of hydrogen-bond donors (Lipinski definition) is 3. The molecule has 0 radical (unpaired) electrons. The molecular formula is C15H10ClF3N4O3S. The van der Waals surface area contributed by atoms with Gasteiger partial charge in [0, 0.05) is 16.7 Å². The number of thiocarbonyl (C=S) groups is 1. The summed E-state index contributed by atoms with van der Waals surface area (Å²) in [5.41, 5.74) is 0.353. The molecule has 27 heavy (non-hydrogen) atoms. The van der Waals surface area contributed by atoms with Crippen molar-refractivity contribution in [2.45, 2.75) is 6.18 Å².